The standard InChI is InChI=1S/C48H48FN3O4.C45H44FN3O4/c1-33(2)45-44(47(54)50-37-19-11-6-12-20-37)43(34-17-9-5-10-18-34)46(35-25-27-36(49)28-26-35)51(45)30-29-40-31-41(56-48(3,4)55-40)32-42(53)52(38-21-13-7-14-22-38)39-23-15-8-16-24-39;1-31(2)43-42(45(53)47-35-17-9-4-10-18-35)41(32-15-7-3-8-16-32)44(33-23-25-34(46)26-24-33)48(43)28-27-38(50)29-39(51)30-40(52)49(36-19-11-5-12-20-36)37-21-13-6-14-22-37/h5-28,33,40-41H,29-32H2,1-4H3,(H,50,54);3-26,31,38-39,50-51H,27-30H2,1-2H3,(H,47,53)/t40-,41-;/m1./s1. The molecule has 14 nitrogen and oxygen atoms in total. The van der Waals surface area contributed by atoms with Gasteiger partial charge >= 0.3 is 0 Å². The lowest BCUT2D eigenvalue weighted by molar-refractivity contribution is -0.300. The van der Waals surface area contributed by atoms with Crippen molar-refractivity contribution in [3.8, 4) is 44.8 Å². The fraction of sp³-hybridized carbons (Fsp3) is 0.226. The Hall–Kier alpha value is -11.7. The SMILES string of the molecule is CC(C)c1c(C(=O)Nc2ccccc2)c(-c2ccccc2)c(-c2ccc(F)cc2)n1CCC(O)CC(O)CC(=O)N(c1ccccc1)c1ccccc1.CC(C)c1c(C(=O)Nc2ccccc2)c(-c2ccccc2)c(-c2ccc(F)cc2)n1CC[C@@H]1C[C@H](CC(=O)N(c2ccccc2)c2ccccc2)OC(C)(C)O1. The third-order valence-corrected chi connectivity index (χ3v) is 19.3. The average Bonchev–Trinajstić information content (AvgIpc) is 1.59. The molecule has 0 radical (unpaired) electrons. The van der Waals surface area contributed by atoms with Gasteiger partial charge in [0, 0.05) is 76.1 Å². The summed E-state index contributed by atoms with van der Waals surface area (Å²) < 4.78 is 45.9. The summed E-state index contributed by atoms with van der Waals surface area (Å²) >= 11 is 0. The van der Waals surface area contributed by atoms with Gasteiger partial charge in [-0.2, -0.15) is 0 Å². The van der Waals surface area contributed by atoms with Crippen molar-refractivity contribution < 1.29 is 47.6 Å². The Morgan fingerprint density at radius 1 is 0.440 bits per heavy atom. The summed E-state index contributed by atoms with van der Waals surface area (Å²) in [5, 5.41) is 28.7. The first-order valence-electron chi connectivity index (χ1n) is 37.2. The van der Waals surface area contributed by atoms with Gasteiger partial charge in [0.1, 0.15) is 11.6 Å². The van der Waals surface area contributed by atoms with Crippen LogP contribution in [0.5, 0.6) is 0 Å². The summed E-state index contributed by atoms with van der Waals surface area (Å²) in [5.74, 6) is -2.70. The van der Waals surface area contributed by atoms with E-state index in [1.807, 2.05) is 275 Å². The van der Waals surface area contributed by atoms with E-state index >= 15 is 0 Å². The number of hydrogen-bond acceptors (Lipinski definition) is 8. The topological polar surface area (TPSA) is 168 Å². The number of anilines is 6. The van der Waals surface area contributed by atoms with Gasteiger partial charge in [-0.1, -0.05) is 198 Å². The third kappa shape index (κ3) is 19.0. The summed E-state index contributed by atoms with van der Waals surface area (Å²) in [4.78, 5) is 60.0. The molecule has 109 heavy (non-hydrogen) atoms. The second kappa shape index (κ2) is 35.8. The van der Waals surface area contributed by atoms with Crippen LogP contribution in [0, 0.1) is 11.6 Å². The molecule has 1 aliphatic rings. The molecule has 2 unspecified atom stereocenters. The number of carbonyl (C=O) groups is 4. The van der Waals surface area contributed by atoms with Gasteiger partial charge in [-0.15, -0.1) is 0 Å². The fourth-order valence-corrected chi connectivity index (χ4v) is 14.8. The van der Waals surface area contributed by atoms with Crippen LogP contribution < -0.4 is 20.4 Å². The van der Waals surface area contributed by atoms with Gasteiger partial charge in [0.15, 0.2) is 5.79 Å². The van der Waals surface area contributed by atoms with Crippen LogP contribution in [0.2, 0.25) is 0 Å². The van der Waals surface area contributed by atoms with Gasteiger partial charge in [-0.05, 0) is 189 Å². The predicted octanol–water partition coefficient (Wildman–Crippen LogP) is 21.0. The highest BCUT2D eigenvalue weighted by atomic mass is 19.1. The molecule has 0 saturated carbocycles. The molecule has 0 aliphatic carbocycles. The van der Waals surface area contributed by atoms with Crippen molar-refractivity contribution in [2.45, 2.75) is 135 Å². The van der Waals surface area contributed by atoms with Crippen molar-refractivity contribution in [2.75, 3.05) is 20.4 Å². The molecule has 0 spiro atoms. The highest BCUT2D eigenvalue weighted by Crippen LogP contribution is 2.46. The number of rotatable bonds is 26. The van der Waals surface area contributed by atoms with E-state index in [0.29, 0.717) is 70.9 Å². The number of amides is 4. The first-order chi connectivity index (χ1) is 52.8. The minimum Gasteiger partial charge on any atom is -0.393 e. The Morgan fingerprint density at radius 3 is 1.16 bits per heavy atom. The summed E-state index contributed by atoms with van der Waals surface area (Å²) in [6.45, 7) is 12.8. The van der Waals surface area contributed by atoms with Crippen molar-refractivity contribution in [1.82, 2.24) is 9.13 Å². The zero-order valence-electron chi connectivity index (χ0n) is 62.2. The largest absolute Gasteiger partial charge is 0.393 e. The number of aliphatic hydroxyl groups is 2. The maximum atomic E-state index is 14.5. The number of nitrogens with one attached hydrogen (secondary N) is 2. The second-order valence-corrected chi connectivity index (χ2v) is 28.4. The van der Waals surface area contributed by atoms with Crippen LogP contribution >= 0.6 is 0 Å². The number of ether oxygens (including phenoxy) is 2. The van der Waals surface area contributed by atoms with Crippen molar-refractivity contribution >= 4 is 57.8 Å². The summed E-state index contributed by atoms with van der Waals surface area (Å²) in [6, 6.07) is 88.7. The molecule has 12 aromatic rings. The van der Waals surface area contributed by atoms with Crippen LogP contribution in [0.1, 0.15) is 124 Å². The Bertz CT molecular complexity index is 4890. The minimum absolute atomic E-state index is 0.0276. The molecular weight excluding hydrogens is 1370 g/mol. The molecule has 10 aromatic carbocycles. The van der Waals surface area contributed by atoms with E-state index in [9.17, 15) is 38.2 Å². The van der Waals surface area contributed by atoms with Crippen LogP contribution in [0.4, 0.5) is 42.9 Å². The zero-order valence-corrected chi connectivity index (χ0v) is 62.2. The number of para-hydroxylation sites is 6. The Morgan fingerprint density at radius 2 is 0.780 bits per heavy atom. The number of aromatic nitrogens is 2. The van der Waals surface area contributed by atoms with Crippen molar-refractivity contribution in [1.29, 1.82) is 0 Å². The average molecular weight is 1460 g/mol. The van der Waals surface area contributed by atoms with Gasteiger partial charge < -0.3 is 39.5 Å². The molecule has 3 heterocycles. The number of benzene rings is 10. The smallest absolute Gasteiger partial charge is 0.258 e. The lowest BCUT2D eigenvalue weighted by atomic mass is 9.94. The maximum Gasteiger partial charge on any atom is 0.258 e. The normalized spacial score (nSPS) is 14.4. The molecule has 1 fully saturated rings. The highest BCUT2D eigenvalue weighted by Gasteiger charge is 2.39. The lowest BCUT2D eigenvalue weighted by Gasteiger charge is -2.41. The van der Waals surface area contributed by atoms with Crippen LogP contribution in [0.3, 0.4) is 0 Å². The number of carbonyl (C=O) groups excluding carboxylic acids is 4. The van der Waals surface area contributed by atoms with Crippen LogP contribution in [-0.4, -0.2) is 73.2 Å². The number of halogens is 2. The van der Waals surface area contributed by atoms with Crippen LogP contribution in [0.15, 0.2) is 291 Å². The van der Waals surface area contributed by atoms with Gasteiger partial charge in [-0.25, -0.2) is 8.78 Å². The quantitative estimate of drug-likeness (QED) is 0.0416. The number of hydrogen-bond donors (Lipinski definition) is 4. The van der Waals surface area contributed by atoms with E-state index < -0.39 is 24.1 Å². The second-order valence-electron chi connectivity index (χ2n) is 28.4. The third-order valence-electron chi connectivity index (χ3n) is 19.3. The molecule has 1 saturated heterocycles. The predicted molar refractivity (Wildman–Crippen MR) is 431 cm³/mol. The first kappa shape index (κ1) is 77.0. The van der Waals surface area contributed by atoms with Crippen molar-refractivity contribution in [3.63, 3.8) is 0 Å². The number of nitrogens with zero attached hydrogens (tertiary/aromatic N) is 4. The van der Waals surface area contributed by atoms with E-state index in [2.05, 4.69) is 29.0 Å². The van der Waals surface area contributed by atoms with Gasteiger partial charge in [0.25, 0.3) is 11.8 Å². The van der Waals surface area contributed by atoms with Gasteiger partial charge in [0.2, 0.25) is 11.8 Å². The van der Waals surface area contributed by atoms with Crippen molar-refractivity contribution in [2.24, 2.45) is 0 Å². The molecule has 556 valence electrons. The lowest BCUT2D eigenvalue weighted by Crippen LogP contribution is -2.46. The zero-order chi connectivity index (χ0) is 76.6. The van der Waals surface area contributed by atoms with Gasteiger partial charge in [-0.3, -0.25) is 29.0 Å². The molecule has 16 heteroatoms. The monoisotopic (exact) mass is 1460 g/mol. The number of aliphatic hydroxyl groups excluding tert-OH is 2. The Labute approximate surface area is 636 Å². The maximum absolute atomic E-state index is 14.5. The molecule has 2 aromatic heterocycles. The van der Waals surface area contributed by atoms with Crippen molar-refractivity contribution in [3.05, 3.63) is 325 Å². The van der Waals surface area contributed by atoms with Crippen LogP contribution in [-0.2, 0) is 32.2 Å². The summed E-state index contributed by atoms with van der Waals surface area (Å²) in [5.41, 5.74) is 13.3. The fourth-order valence-electron chi connectivity index (χ4n) is 14.8. The molecule has 13 rings (SSSR count). The Balaban J connectivity index is 0.000000204. The molecule has 4 amide bonds. The van der Waals surface area contributed by atoms with Crippen LogP contribution in [0.25, 0.3) is 44.8 Å². The highest BCUT2D eigenvalue weighted by molar-refractivity contribution is 6.14. The van der Waals surface area contributed by atoms with E-state index in [-0.39, 0.29) is 78.9 Å². The Kier molecular flexibility index (Phi) is 25.3. The van der Waals surface area contributed by atoms with Gasteiger partial charge in [0.05, 0.1) is 59.8 Å². The first-order valence-corrected chi connectivity index (χ1v) is 37.2. The van der Waals surface area contributed by atoms with E-state index in [1.165, 1.54) is 24.3 Å². The minimum atomic E-state index is -1.11. The molecular formula is C93H92F2N6O8. The molecule has 4 atom stereocenters. The molecule has 1 aliphatic heterocycles. The summed E-state index contributed by atoms with van der Waals surface area (Å²) in [7, 11) is 0. The van der Waals surface area contributed by atoms with E-state index in [4.69, 9.17) is 9.47 Å². The van der Waals surface area contributed by atoms with E-state index in [1.54, 1.807) is 34.1 Å². The van der Waals surface area contributed by atoms with E-state index in [0.717, 1.165) is 56.4 Å². The summed E-state index contributed by atoms with van der Waals surface area (Å²) in [6.07, 6.45) is -1.48. The molecule has 0 bridgehead atoms. The molecule has 4 N–H and O–H groups in total.